The van der Waals surface area contributed by atoms with E-state index in [9.17, 15) is 13.2 Å². The van der Waals surface area contributed by atoms with Gasteiger partial charge in [0.25, 0.3) is 10.0 Å². The van der Waals surface area contributed by atoms with Crippen molar-refractivity contribution in [2.45, 2.75) is 32.1 Å². The van der Waals surface area contributed by atoms with Crippen molar-refractivity contribution in [3.05, 3.63) is 48.5 Å². The second-order valence-electron chi connectivity index (χ2n) is 7.23. The summed E-state index contributed by atoms with van der Waals surface area (Å²) >= 11 is 0. The van der Waals surface area contributed by atoms with Crippen LogP contribution in [-0.4, -0.2) is 27.5 Å². The molecule has 0 atom stereocenters. The Morgan fingerprint density at radius 3 is 2.52 bits per heavy atom. The molecule has 27 heavy (non-hydrogen) atoms. The fourth-order valence-corrected chi connectivity index (χ4v) is 4.04. The van der Waals surface area contributed by atoms with Crippen LogP contribution in [0.3, 0.4) is 0 Å². The minimum Gasteiger partial charge on any atom is -0.490 e. The molecule has 0 unspecified atom stereocenters. The van der Waals surface area contributed by atoms with Crippen molar-refractivity contribution in [1.82, 2.24) is 0 Å². The molecular formula is C20H24N2O4S. The number of nitrogens with one attached hydrogen (secondary N) is 1. The number of fused-ring (bicyclic) bond motifs is 1. The second kappa shape index (κ2) is 7.23. The summed E-state index contributed by atoms with van der Waals surface area (Å²) in [5.41, 5.74) is 0.397. The molecule has 7 heteroatoms. The van der Waals surface area contributed by atoms with E-state index < -0.39 is 15.4 Å². The number of anilines is 2. The Hall–Kier alpha value is -2.54. The normalized spacial score (nSPS) is 16.3. The van der Waals surface area contributed by atoms with Gasteiger partial charge in [-0.25, -0.2) is 8.42 Å². The number of ether oxygens (including phenoxy) is 1. The van der Waals surface area contributed by atoms with Gasteiger partial charge in [-0.1, -0.05) is 25.1 Å². The van der Waals surface area contributed by atoms with Gasteiger partial charge in [-0.05, 0) is 44.5 Å². The molecular weight excluding hydrogens is 364 g/mol. The number of hydrogen-bond donors (Lipinski definition) is 1. The largest absolute Gasteiger partial charge is 0.490 e. The number of benzene rings is 2. The van der Waals surface area contributed by atoms with Crippen molar-refractivity contribution in [3.63, 3.8) is 0 Å². The predicted molar refractivity (Wildman–Crippen MR) is 106 cm³/mol. The van der Waals surface area contributed by atoms with E-state index in [4.69, 9.17) is 4.74 Å². The van der Waals surface area contributed by atoms with E-state index in [1.807, 2.05) is 20.8 Å². The average molecular weight is 388 g/mol. The first-order valence-corrected chi connectivity index (χ1v) is 10.4. The monoisotopic (exact) mass is 388 g/mol. The minimum absolute atomic E-state index is 0.000663. The van der Waals surface area contributed by atoms with Crippen LogP contribution in [0.5, 0.6) is 5.75 Å². The Morgan fingerprint density at radius 2 is 1.85 bits per heavy atom. The maximum absolute atomic E-state index is 12.9. The lowest BCUT2D eigenvalue weighted by Crippen LogP contribution is -2.42. The third-order valence-corrected chi connectivity index (χ3v) is 5.81. The molecule has 0 aromatic heterocycles. The molecule has 1 aliphatic rings. The molecule has 3 rings (SSSR count). The number of sulfonamides is 1. The minimum atomic E-state index is -3.69. The molecule has 0 bridgehead atoms. The van der Waals surface area contributed by atoms with Gasteiger partial charge in [0.05, 0.1) is 21.7 Å². The van der Waals surface area contributed by atoms with E-state index >= 15 is 0 Å². The average Bonchev–Trinajstić information content (AvgIpc) is 2.73. The lowest BCUT2D eigenvalue weighted by Gasteiger charge is -2.27. The van der Waals surface area contributed by atoms with E-state index in [0.717, 1.165) is 6.42 Å². The molecule has 6 nitrogen and oxygen atoms in total. The van der Waals surface area contributed by atoms with E-state index in [0.29, 0.717) is 23.7 Å². The zero-order chi connectivity index (χ0) is 19.7. The van der Waals surface area contributed by atoms with Crippen molar-refractivity contribution in [3.8, 4) is 5.75 Å². The SMILES string of the molecule is CCCN1C(=O)C(C)(C)COc2cc(NS(=O)(=O)c3ccccc3)ccc21. The summed E-state index contributed by atoms with van der Waals surface area (Å²) < 4.78 is 33.5. The van der Waals surface area contributed by atoms with Gasteiger partial charge in [-0.15, -0.1) is 0 Å². The fourth-order valence-electron chi connectivity index (χ4n) is 2.97. The molecule has 0 fully saturated rings. The molecule has 2 aromatic rings. The molecule has 0 radical (unpaired) electrons. The zero-order valence-corrected chi connectivity index (χ0v) is 16.5. The number of hydrogen-bond acceptors (Lipinski definition) is 4. The van der Waals surface area contributed by atoms with Gasteiger partial charge < -0.3 is 9.64 Å². The van der Waals surface area contributed by atoms with Crippen LogP contribution in [0.15, 0.2) is 53.4 Å². The Labute approximate surface area is 160 Å². The Morgan fingerprint density at radius 1 is 1.15 bits per heavy atom. The van der Waals surface area contributed by atoms with E-state index in [1.54, 1.807) is 41.3 Å². The molecule has 1 amide bonds. The first kappa shape index (κ1) is 19.2. The first-order chi connectivity index (χ1) is 12.7. The highest BCUT2D eigenvalue weighted by molar-refractivity contribution is 7.92. The predicted octanol–water partition coefficient (Wildman–Crippen LogP) is 3.65. The number of carbonyl (C=O) groups excluding carboxylic acids is 1. The van der Waals surface area contributed by atoms with Crippen LogP contribution in [0.2, 0.25) is 0 Å². The molecule has 1 heterocycles. The van der Waals surface area contributed by atoms with Crippen molar-refractivity contribution in [2.24, 2.45) is 5.41 Å². The summed E-state index contributed by atoms with van der Waals surface area (Å²) in [5.74, 6) is 0.497. The molecule has 0 saturated heterocycles. The Bertz CT molecular complexity index is 940. The number of amides is 1. The van der Waals surface area contributed by atoms with Crippen molar-refractivity contribution in [2.75, 3.05) is 22.8 Å². The summed E-state index contributed by atoms with van der Waals surface area (Å²) in [5, 5.41) is 0. The topological polar surface area (TPSA) is 75.7 Å². The molecule has 1 aliphatic heterocycles. The molecule has 144 valence electrons. The summed E-state index contributed by atoms with van der Waals surface area (Å²) in [4.78, 5) is 14.8. The summed E-state index contributed by atoms with van der Waals surface area (Å²) in [7, 11) is -3.69. The van der Waals surface area contributed by atoms with Gasteiger partial charge >= 0.3 is 0 Å². The zero-order valence-electron chi connectivity index (χ0n) is 15.7. The maximum atomic E-state index is 12.9. The highest BCUT2D eigenvalue weighted by atomic mass is 32.2. The van der Waals surface area contributed by atoms with Crippen LogP contribution in [0.4, 0.5) is 11.4 Å². The number of nitrogens with zero attached hydrogens (tertiary/aromatic N) is 1. The molecule has 0 saturated carbocycles. The Balaban J connectivity index is 1.95. The van der Waals surface area contributed by atoms with E-state index in [2.05, 4.69) is 4.72 Å². The van der Waals surface area contributed by atoms with Crippen molar-refractivity contribution < 1.29 is 17.9 Å². The van der Waals surface area contributed by atoms with Crippen LogP contribution in [-0.2, 0) is 14.8 Å². The van der Waals surface area contributed by atoms with Crippen LogP contribution >= 0.6 is 0 Å². The summed E-state index contributed by atoms with van der Waals surface area (Å²) in [6.07, 6.45) is 0.809. The van der Waals surface area contributed by atoms with E-state index in [1.165, 1.54) is 12.1 Å². The second-order valence-corrected chi connectivity index (χ2v) is 8.91. The third kappa shape index (κ3) is 3.93. The lowest BCUT2D eigenvalue weighted by molar-refractivity contribution is -0.127. The van der Waals surface area contributed by atoms with Gasteiger partial charge in [0.15, 0.2) is 0 Å². The smallest absolute Gasteiger partial charge is 0.261 e. The fraction of sp³-hybridized carbons (Fsp3) is 0.350. The number of rotatable bonds is 5. The molecule has 2 aromatic carbocycles. The van der Waals surface area contributed by atoms with E-state index in [-0.39, 0.29) is 17.4 Å². The highest BCUT2D eigenvalue weighted by Gasteiger charge is 2.37. The number of carbonyl (C=O) groups is 1. The van der Waals surface area contributed by atoms with Gasteiger partial charge in [0, 0.05) is 12.6 Å². The standard InChI is InChI=1S/C20H24N2O4S/c1-4-12-22-17-11-10-15(13-18(17)26-14-20(2,3)19(22)23)21-27(24,25)16-8-6-5-7-9-16/h5-11,13,21H,4,12,14H2,1-3H3. The third-order valence-electron chi connectivity index (χ3n) is 4.42. The lowest BCUT2D eigenvalue weighted by atomic mass is 9.93. The van der Waals surface area contributed by atoms with Crippen LogP contribution < -0.4 is 14.4 Å². The van der Waals surface area contributed by atoms with Crippen LogP contribution in [0.25, 0.3) is 0 Å². The van der Waals surface area contributed by atoms with Crippen LogP contribution in [0.1, 0.15) is 27.2 Å². The van der Waals surface area contributed by atoms with Gasteiger partial charge in [-0.2, -0.15) is 0 Å². The highest BCUT2D eigenvalue weighted by Crippen LogP contribution is 2.38. The van der Waals surface area contributed by atoms with Crippen LogP contribution in [0, 0.1) is 5.41 Å². The quantitative estimate of drug-likeness (QED) is 0.848. The van der Waals surface area contributed by atoms with Gasteiger partial charge in [-0.3, -0.25) is 9.52 Å². The van der Waals surface area contributed by atoms with Gasteiger partial charge in [0.2, 0.25) is 5.91 Å². The van der Waals surface area contributed by atoms with Crippen molar-refractivity contribution >= 4 is 27.3 Å². The Kier molecular flexibility index (Phi) is 5.15. The summed E-state index contributed by atoms with van der Waals surface area (Å²) in [6.45, 7) is 6.52. The molecule has 0 aliphatic carbocycles. The van der Waals surface area contributed by atoms with Gasteiger partial charge in [0.1, 0.15) is 12.4 Å². The first-order valence-electron chi connectivity index (χ1n) is 8.91. The molecule has 0 spiro atoms. The maximum Gasteiger partial charge on any atom is 0.261 e. The molecule has 1 N–H and O–H groups in total. The van der Waals surface area contributed by atoms with Crippen molar-refractivity contribution in [1.29, 1.82) is 0 Å². The summed E-state index contributed by atoms with van der Waals surface area (Å²) in [6, 6.07) is 13.2.